The number of halogens is 4. The second-order valence-corrected chi connectivity index (χ2v) is 8.01. The molecule has 2 aromatic carbocycles. The Morgan fingerprint density at radius 1 is 1.19 bits per heavy atom. The summed E-state index contributed by atoms with van der Waals surface area (Å²) in [6.45, 7) is 9.51. The third-order valence-corrected chi connectivity index (χ3v) is 5.73. The lowest BCUT2D eigenvalue weighted by Gasteiger charge is -2.17. The van der Waals surface area contributed by atoms with Crippen LogP contribution < -0.4 is 5.32 Å². The molecule has 5 nitrogen and oxygen atoms in total. The molecular weight excluding hydrogens is 441 g/mol. The zero-order valence-corrected chi connectivity index (χ0v) is 19.0. The summed E-state index contributed by atoms with van der Waals surface area (Å²) in [5.74, 6) is 0.228. The van der Waals surface area contributed by atoms with Crippen LogP contribution in [0.5, 0.6) is 0 Å². The molecule has 0 saturated heterocycles. The highest BCUT2D eigenvalue weighted by Crippen LogP contribution is 2.35. The number of hydrogen-bond donors (Lipinski definition) is 2. The molecule has 1 heterocycles. The topological polar surface area (TPSA) is 61.0 Å². The molecule has 2 N–H and O–H groups in total. The maximum atomic E-state index is 13.1. The van der Waals surface area contributed by atoms with Crippen molar-refractivity contribution in [1.29, 1.82) is 0 Å². The van der Waals surface area contributed by atoms with E-state index in [-0.39, 0.29) is 22.0 Å². The van der Waals surface area contributed by atoms with Gasteiger partial charge in [0.25, 0.3) is 5.91 Å². The van der Waals surface area contributed by atoms with Crippen LogP contribution in [0.1, 0.15) is 41.8 Å². The number of rotatable bonds is 8. The number of aryl methyl sites for hydroxylation is 1. The quantitative estimate of drug-likeness (QED) is 0.420. The zero-order chi connectivity index (χ0) is 23.5. The van der Waals surface area contributed by atoms with Gasteiger partial charge in [-0.15, -0.1) is 0 Å². The minimum Gasteiger partial charge on any atom is -0.352 e. The molecule has 3 rings (SSSR count). The number of carbonyl (C=O) groups excluding carboxylic acids is 1. The summed E-state index contributed by atoms with van der Waals surface area (Å²) < 4.78 is 39.2. The minimum absolute atomic E-state index is 0.0734. The van der Waals surface area contributed by atoms with Gasteiger partial charge in [0.15, 0.2) is 0 Å². The molecule has 0 unspecified atom stereocenters. The molecule has 0 radical (unpaired) electrons. The van der Waals surface area contributed by atoms with E-state index in [1.165, 1.54) is 0 Å². The van der Waals surface area contributed by atoms with E-state index in [1.54, 1.807) is 18.2 Å². The normalized spacial score (nSPS) is 12.0. The van der Waals surface area contributed by atoms with Crippen LogP contribution in [0.25, 0.3) is 22.4 Å². The largest absolute Gasteiger partial charge is 0.416 e. The van der Waals surface area contributed by atoms with Gasteiger partial charge in [-0.3, -0.25) is 4.79 Å². The van der Waals surface area contributed by atoms with Gasteiger partial charge in [0, 0.05) is 17.7 Å². The van der Waals surface area contributed by atoms with Crippen LogP contribution in [0, 0.1) is 6.92 Å². The summed E-state index contributed by atoms with van der Waals surface area (Å²) in [4.78, 5) is 22.1. The van der Waals surface area contributed by atoms with E-state index < -0.39 is 11.7 Å². The van der Waals surface area contributed by atoms with Crippen molar-refractivity contribution >= 4 is 28.5 Å². The number of H-pyrrole nitrogens is 1. The van der Waals surface area contributed by atoms with E-state index in [0.29, 0.717) is 23.5 Å². The number of aromatic amines is 1. The SMILES string of the molecule is CCN(CC)CCCNC(=O)c1ccc(-c2nc3c(Cl)cc(C(F)(F)F)cc3[nH]2)c(C)c1. The maximum Gasteiger partial charge on any atom is 0.416 e. The Labute approximate surface area is 190 Å². The molecule has 9 heteroatoms. The van der Waals surface area contributed by atoms with Crippen molar-refractivity contribution in [2.75, 3.05) is 26.2 Å². The fraction of sp³-hybridized carbons (Fsp3) is 0.391. The van der Waals surface area contributed by atoms with E-state index in [0.717, 1.165) is 43.8 Å². The summed E-state index contributed by atoms with van der Waals surface area (Å²) in [6, 6.07) is 7.02. The summed E-state index contributed by atoms with van der Waals surface area (Å²) in [5, 5.41) is 2.85. The number of nitrogens with zero attached hydrogens (tertiary/aromatic N) is 2. The molecule has 0 aliphatic carbocycles. The van der Waals surface area contributed by atoms with Crippen molar-refractivity contribution in [2.45, 2.75) is 33.4 Å². The van der Waals surface area contributed by atoms with Crippen LogP contribution in [0.3, 0.4) is 0 Å². The summed E-state index contributed by atoms with van der Waals surface area (Å²) in [7, 11) is 0. The van der Waals surface area contributed by atoms with E-state index in [9.17, 15) is 18.0 Å². The van der Waals surface area contributed by atoms with Crippen LogP contribution in [0.15, 0.2) is 30.3 Å². The van der Waals surface area contributed by atoms with E-state index in [1.807, 2.05) is 6.92 Å². The van der Waals surface area contributed by atoms with Gasteiger partial charge in [0.1, 0.15) is 11.3 Å². The van der Waals surface area contributed by atoms with Crippen LogP contribution >= 0.6 is 11.6 Å². The minimum atomic E-state index is -4.50. The lowest BCUT2D eigenvalue weighted by Crippen LogP contribution is -2.29. The number of fused-ring (bicyclic) bond motifs is 1. The molecule has 0 atom stereocenters. The second kappa shape index (κ2) is 9.92. The molecule has 32 heavy (non-hydrogen) atoms. The Morgan fingerprint density at radius 3 is 2.53 bits per heavy atom. The van der Waals surface area contributed by atoms with Gasteiger partial charge < -0.3 is 15.2 Å². The highest BCUT2D eigenvalue weighted by molar-refractivity contribution is 6.35. The molecule has 3 aromatic rings. The number of nitrogens with one attached hydrogen (secondary N) is 2. The molecule has 172 valence electrons. The van der Waals surface area contributed by atoms with Gasteiger partial charge in [0.05, 0.1) is 16.1 Å². The standard InChI is InChI=1S/C23H26ClF3N4O/c1-4-31(5-2)10-6-9-28-22(32)15-7-8-17(14(3)11-15)21-29-19-13-16(23(25,26)27)12-18(24)20(19)30-21/h7-8,11-13H,4-6,9-10H2,1-3H3,(H,28,32)(H,29,30). The molecule has 1 amide bonds. The number of aromatic nitrogens is 2. The van der Waals surface area contributed by atoms with E-state index in [2.05, 4.69) is 34.0 Å². The van der Waals surface area contributed by atoms with Gasteiger partial charge in [-0.1, -0.05) is 31.5 Å². The highest BCUT2D eigenvalue weighted by atomic mass is 35.5. The van der Waals surface area contributed by atoms with Crippen molar-refractivity contribution in [2.24, 2.45) is 0 Å². The van der Waals surface area contributed by atoms with Crippen molar-refractivity contribution in [1.82, 2.24) is 20.2 Å². The van der Waals surface area contributed by atoms with Crippen LogP contribution in [0.4, 0.5) is 13.2 Å². The Bertz CT molecular complexity index is 1110. The lowest BCUT2D eigenvalue weighted by molar-refractivity contribution is -0.137. The van der Waals surface area contributed by atoms with Crippen LogP contribution in [0.2, 0.25) is 5.02 Å². The smallest absolute Gasteiger partial charge is 0.352 e. The first kappa shape index (κ1) is 24.1. The average molecular weight is 467 g/mol. The number of hydrogen-bond acceptors (Lipinski definition) is 3. The monoisotopic (exact) mass is 466 g/mol. The molecule has 1 aromatic heterocycles. The molecule has 0 bridgehead atoms. The van der Waals surface area contributed by atoms with Gasteiger partial charge in [-0.25, -0.2) is 4.98 Å². The van der Waals surface area contributed by atoms with Crippen molar-refractivity contribution in [3.8, 4) is 11.4 Å². The fourth-order valence-corrected chi connectivity index (χ4v) is 3.85. The number of benzene rings is 2. The van der Waals surface area contributed by atoms with Gasteiger partial charge in [0.2, 0.25) is 0 Å². The zero-order valence-electron chi connectivity index (χ0n) is 18.2. The Morgan fingerprint density at radius 2 is 1.91 bits per heavy atom. The first-order valence-corrected chi connectivity index (χ1v) is 10.9. The molecular formula is C23H26ClF3N4O. The first-order chi connectivity index (χ1) is 15.1. The molecule has 0 fully saturated rings. The van der Waals surface area contributed by atoms with Crippen molar-refractivity contribution in [3.05, 3.63) is 52.0 Å². The number of imidazole rings is 1. The molecule has 0 saturated carbocycles. The highest BCUT2D eigenvalue weighted by Gasteiger charge is 2.31. The lowest BCUT2D eigenvalue weighted by atomic mass is 10.0. The van der Waals surface area contributed by atoms with Crippen molar-refractivity contribution < 1.29 is 18.0 Å². The molecule has 0 aliphatic heterocycles. The summed E-state index contributed by atoms with van der Waals surface area (Å²) in [5.41, 5.74) is 1.60. The van der Waals surface area contributed by atoms with E-state index in [4.69, 9.17) is 11.6 Å². The third kappa shape index (κ3) is 5.42. The Balaban J connectivity index is 1.75. The first-order valence-electron chi connectivity index (χ1n) is 10.5. The maximum absolute atomic E-state index is 13.1. The fourth-order valence-electron chi connectivity index (χ4n) is 3.58. The number of carbonyl (C=O) groups is 1. The van der Waals surface area contributed by atoms with Crippen LogP contribution in [-0.2, 0) is 6.18 Å². The van der Waals surface area contributed by atoms with Gasteiger partial charge >= 0.3 is 6.18 Å². The van der Waals surface area contributed by atoms with Crippen molar-refractivity contribution in [3.63, 3.8) is 0 Å². The average Bonchev–Trinajstić information content (AvgIpc) is 3.17. The van der Waals surface area contributed by atoms with Crippen LogP contribution in [-0.4, -0.2) is 47.0 Å². The third-order valence-electron chi connectivity index (χ3n) is 5.44. The number of amides is 1. The molecule has 0 spiro atoms. The Kier molecular flexibility index (Phi) is 7.46. The number of alkyl halides is 3. The molecule has 0 aliphatic rings. The summed E-state index contributed by atoms with van der Waals surface area (Å²) in [6.07, 6.45) is -3.64. The Hall–Kier alpha value is -2.58. The van der Waals surface area contributed by atoms with Gasteiger partial charge in [-0.2, -0.15) is 13.2 Å². The second-order valence-electron chi connectivity index (χ2n) is 7.60. The predicted molar refractivity (Wildman–Crippen MR) is 121 cm³/mol. The predicted octanol–water partition coefficient (Wildman–Crippen LogP) is 5.67. The summed E-state index contributed by atoms with van der Waals surface area (Å²) >= 11 is 6.04. The van der Waals surface area contributed by atoms with E-state index >= 15 is 0 Å². The van der Waals surface area contributed by atoms with Gasteiger partial charge in [-0.05, 0) is 62.8 Å².